The normalized spacial score (nSPS) is 17.0. The lowest BCUT2D eigenvalue weighted by Crippen LogP contribution is -2.42. The zero-order valence-electron chi connectivity index (χ0n) is 15.9. The molecule has 0 aliphatic carbocycles. The second kappa shape index (κ2) is 8.81. The third-order valence-corrected chi connectivity index (χ3v) is 5.04. The molecule has 4 rings (SSSR count). The molecular formula is C21H22FN5O2. The van der Waals surface area contributed by atoms with Crippen LogP contribution in [0.15, 0.2) is 53.3 Å². The van der Waals surface area contributed by atoms with Gasteiger partial charge in [0.05, 0.1) is 0 Å². The summed E-state index contributed by atoms with van der Waals surface area (Å²) in [7, 11) is 0. The third kappa shape index (κ3) is 4.59. The lowest BCUT2D eigenvalue weighted by molar-refractivity contribution is 0.158. The van der Waals surface area contributed by atoms with Crippen molar-refractivity contribution in [1.29, 1.82) is 0 Å². The monoisotopic (exact) mass is 395 g/mol. The quantitative estimate of drug-likeness (QED) is 0.719. The molecule has 2 aromatic heterocycles. The molecule has 1 atom stereocenters. The first kappa shape index (κ1) is 19.0. The van der Waals surface area contributed by atoms with Crippen LogP contribution in [-0.2, 0) is 6.54 Å². The number of halogens is 1. The van der Waals surface area contributed by atoms with E-state index in [2.05, 4.69) is 20.4 Å². The van der Waals surface area contributed by atoms with Crippen LogP contribution in [0.1, 0.15) is 43.2 Å². The number of carbonyl (C=O) groups is 1. The van der Waals surface area contributed by atoms with Crippen molar-refractivity contribution in [2.24, 2.45) is 0 Å². The van der Waals surface area contributed by atoms with Gasteiger partial charge in [0.2, 0.25) is 11.7 Å². The van der Waals surface area contributed by atoms with Crippen molar-refractivity contribution in [2.45, 2.75) is 38.3 Å². The Hall–Kier alpha value is -3.29. The summed E-state index contributed by atoms with van der Waals surface area (Å²) in [5, 5.41) is 7.00. The molecule has 1 N–H and O–H groups in total. The fraction of sp³-hybridized carbons (Fsp3) is 0.333. The Bertz CT molecular complexity index is 945. The summed E-state index contributed by atoms with van der Waals surface area (Å²) in [4.78, 5) is 23.2. The van der Waals surface area contributed by atoms with Crippen molar-refractivity contribution >= 4 is 6.03 Å². The Morgan fingerprint density at radius 3 is 2.72 bits per heavy atom. The Kier molecular flexibility index (Phi) is 5.79. The molecule has 1 saturated heterocycles. The standard InChI is InChI=1S/C21H22FN5O2/c22-17-7-5-15(6-8-17)14-24-21(28)27-13-3-1-2-4-18(27)20-25-19(26-29-20)16-9-11-23-12-10-16/h5-12,18H,1-4,13-14H2,(H,24,28). The number of nitrogens with one attached hydrogen (secondary N) is 1. The van der Waals surface area contributed by atoms with E-state index >= 15 is 0 Å². The number of benzene rings is 1. The molecule has 0 radical (unpaired) electrons. The van der Waals surface area contributed by atoms with E-state index in [0.29, 0.717) is 24.8 Å². The van der Waals surface area contributed by atoms with E-state index in [4.69, 9.17) is 4.52 Å². The molecule has 1 aliphatic rings. The van der Waals surface area contributed by atoms with Gasteiger partial charge in [-0.15, -0.1) is 0 Å². The zero-order chi connectivity index (χ0) is 20.1. The van der Waals surface area contributed by atoms with Gasteiger partial charge in [0.1, 0.15) is 11.9 Å². The minimum atomic E-state index is -0.297. The van der Waals surface area contributed by atoms with E-state index in [1.165, 1.54) is 12.1 Å². The first-order valence-corrected chi connectivity index (χ1v) is 9.73. The molecule has 1 aliphatic heterocycles. The molecule has 1 unspecified atom stereocenters. The van der Waals surface area contributed by atoms with Gasteiger partial charge in [0, 0.05) is 31.0 Å². The number of likely N-dealkylation sites (tertiary alicyclic amines) is 1. The van der Waals surface area contributed by atoms with Gasteiger partial charge in [-0.25, -0.2) is 9.18 Å². The number of hydrogen-bond donors (Lipinski definition) is 1. The average Bonchev–Trinajstić information content (AvgIpc) is 3.11. The Balaban J connectivity index is 1.49. The highest BCUT2D eigenvalue weighted by Gasteiger charge is 2.31. The highest BCUT2D eigenvalue weighted by Crippen LogP contribution is 2.30. The molecule has 29 heavy (non-hydrogen) atoms. The van der Waals surface area contributed by atoms with Crippen LogP contribution in [0.4, 0.5) is 9.18 Å². The predicted octanol–water partition coefficient (Wildman–Crippen LogP) is 4.10. The van der Waals surface area contributed by atoms with Gasteiger partial charge in [-0.3, -0.25) is 4.98 Å². The van der Waals surface area contributed by atoms with Gasteiger partial charge in [-0.2, -0.15) is 4.98 Å². The molecule has 3 heterocycles. The van der Waals surface area contributed by atoms with Crippen LogP contribution in [0.25, 0.3) is 11.4 Å². The van der Waals surface area contributed by atoms with Gasteiger partial charge in [0.25, 0.3) is 0 Å². The lowest BCUT2D eigenvalue weighted by atomic mass is 10.1. The average molecular weight is 395 g/mol. The Labute approximate surface area is 168 Å². The maximum Gasteiger partial charge on any atom is 0.318 e. The van der Waals surface area contributed by atoms with Crippen LogP contribution in [-0.4, -0.2) is 32.6 Å². The summed E-state index contributed by atoms with van der Waals surface area (Å²) in [5.41, 5.74) is 1.65. The van der Waals surface area contributed by atoms with Crippen molar-refractivity contribution in [2.75, 3.05) is 6.54 Å². The van der Waals surface area contributed by atoms with E-state index in [1.807, 2.05) is 12.1 Å². The van der Waals surface area contributed by atoms with E-state index in [1.54, 1.807) is 29.4 Å². The molecular weight excluding hydrogens is 373 g/mol. The minimum absolute atomic E-state index is 0.190. The highest BCUT2D eigenvalue weighted by molar-refractivity contribution is 5.74. The number of hydrogen-bond acceptors (Lipinski definition) is 5. The van der Waals surface area contributed by atoms with Crippen LogP contribution in [0.5, 0.6) is 0 Å². The molecule has 3 aromatic rings. The molecule has 7 nitrogen and oxygen atoms in total. The Morgan fingerprint density at radius 1 is 1.14 bits per heavy atom. The molecule has 0 bridgehead atoms. The topological polar surface area (TPSA) is 84.2 Å². The summed E-state index contributed by atoms with van der Waals surface area (Å²) >= 11 is 0. The van der Waals surface area contributed by atoms with Crippen LogP contribution >= 0.6 is 0 Å². The second-order valence-corrected chi connectivity index (χ2v) is 7.04. The van der Waals surface area contributed by atoms with Crippen LogP contribution in [0.3, 0.4) is 0 Å². The number of aromatic nitrogens is 3. The molecule has 2 amide bonds. The fourth-order valence-corrected chi connectivity index (χ4v) is 3.48. The van der Waals surface area contributed by atoms with Crippen molar-refractivity contribution in [3.8, 4) is 11.4 Å². The largest absolute Gasteiger partial charge is 0.337 e. The van der Waals surface area contributed by atoms with Gasteiger partial charge in [-0.1, -0.05) is 30.1 Å². The summed E-state index contributed by atoms with van der Waals surface area (Å²) in [6, 6.07) is 9.26. The smallest absolute Gasteiger partial charge is 0.318 e. The lowest BCUT2D eigenvalue weighted by Gasteiger charge is -2.27. The summed E-state index contributed by atoms with van der Waals surface area (Å²) < 4.78 is 18.6. The summed E-state index contributed by atoms with van der Waals surface area (Å²) in [6.45, 7) is 0.946. The number of nitrogens with zero attached hydrogens (tertiary/aromatic N) is 4. The third-order valence-electron chi connectivity index (χ3n) is 5.04. The fourth-order valence-electron chi connectivity index (χ4n) is 3.48. The molecule has 1 fully saturated rings. The van der Waals surface area contributed by atoms with Crippen molar-refractivity contribution in [1.82, 2.24) is 25.3 Å². The Morgan fingerprint density at radius 2 is 1.93 bits per heavy atom. The van der Waals surface area contributed by atoms with Gasteiger partial charge >= 0.3 is 6.03 Å². The predicted molar refractivity (Wildman–Crippen MR) is 104 cm³/mol. The van der Waals surface area contributed by atoms with Crippen molar-refractivity contribution in [3.63, 3.8) is 0 Å². The van der Waals surface area contributed by atoms with Gasteiger partial charge in [0.15, 0.2) is 0 Å². The van der Waals surface area contributed by atoms with E-state index < -0.39 is 0 Å². The summed E-state index contributed by atoms with van der Waals surface area (Å²) in [5.74, 6) is 0.628. The molecule has 1 aromatic carbocycles. The van der Waals surface area contributed by atoms with E-state index in [9.17, 15) is 9.18 Å². The van der Waals surface area contributed by atoms with Crippen molar-refractivity contribution in [3.05, 3.63) is 66.1 Å². The van der Waals surface area contributed by atoms with Crippen molar-refractivity contribution < 1.29 is 13.7 Å². The number of rotatable bonds is 4. The zero-order valence-corrected chi connectivity index (χ0v) is 15.9. The number of urea groups is 1. The van der Waals surface area contributed by atoms with E-state index in [0.717, 1.165) is 36.8 Å². The minimum Gasteiger partial charge on any atom is -0.337 e. The summed E-state index contributed by atoms with van der Waals surface area (Å²) in [6.07, 6.45) is 7.06. The molecule has 150 valence electrons. The maximum absolute atomic E-state index is 13.1. The molecule has 0 saturated carbocycles. The number of carbonyl (C=O) groups excluding carboxylic acids is 1. The van der Waals surface area contributed by atoms with Crippen LogP contribution < -0.4 is 5.32 Å². The van der Waals surface area contributed by atoms with Crippen LogP contribution in [0, 0.1) is 5.82 Å². The van der Waals surface area contributed by atoms with Gasteiger partial charge < -0.3 is 14.7 Å². The molecule has 8 heteroatoms. The van der Waals surface area contributed by atoms with Crippen LogP contribution in [0.2, 0.25) is 0 Å². The second-order valence-electron chi connectivity index (χ2n) is 7.04. The SMILES string of the molecule is O=C(NCc1ccc(F)cc1)N1CCCCCC1c1nc(-c2ccncc2)no1. The first-order valence-electron chi connectivity index (χ1n) is 9.73. The molecule has 0 spiro atoms. The number of amides is 2. The highest BCUT2D eigenvalue weighted by atomic mass is 19.1. The van der Waals surface area contributed by atoms with E-state index in [-0.39, 0.29) is 17.9 Å². The number of pyridine rings is 1. The first-order chi connectivity index (χ1) is 14.2. The maximum atomic E-state index is 13.1. The van der Waals surface area contributed by atoms with Gasteiger partial charge in [-0.05, 0) is 42.7 Å².